The van der Waals surface area contributed by atoms with Crippen LogP contribution in [-0.4, -0.2) is 40.5 Å². The predicted molar refractivity (Wildman–Crippen MR) is 111 cm³/mol. The lowest BCUT2D eigenvalue weighted by Gasteiger charge is -2.28. The molecule has 31 heavy (non-hydrogen) atoms. The van der Waals surface area contributed by atoms with Crippen molar-refractivity contribution in [2.75, 3.05) is 28.4 Å². The summed E-state index contributed by atoms with van der Waals surface area (Å²) in [7, 11) is 5.85. The lowest BCUT2D eigenvalue weighted by atomic mass is 9.68. The zero-order chi connectivity index (χ0) is 22.6. The lowest BCUT2D eigenvalue weighted by Crippen LogP contribution is -2.37. The van der Waals surface area contributed by atoms with Crippen molar-refractivity contribution in [3.8, 4) is 29.4 Å². The van der Waals surface area contributed by atoms with Crippen molar-refractivity contribution in [2.24, 2.45) is 5.41 Å². The Morgan fingerprint density at radius 3 is 2.03 bits per heavy atom. The molecule has 0 bridgehead atoms. The number of nitrogens with one attached hydrogen (secondary N) is 1. The molecule has 0 unspecified atom stereocenters. The van der Waals surface area contributed by atoms with Crippen molar-refractivity contribution >= 4 is 5.97 Å². The quantitative estimate of drug-likeness (QED) is 0.708. The van der Waals surface area contributed by atoms with Crippen LogP contribution in [0.1, 0.15) is 23.1 Å². The maximum absolute atomic E-state index is 12.7. The number of hydrogen-bond donors (Lipinski definition) is 1. The van der Waals surface area contributed by atoms with Gasteiger partial charge in [0.1, 0.15) is 11.8 Å². The molecular formula is C23H23N3O5. The van der Waals surface area contributed by atoms with Crippen LogP contribution in [-0.2, 0) is 9.53 Å². The van der Waals surface area contributed by atoms with Crippen LogP contribution in [0.15, 0.2) is 42.5 Å². The van der Waals surface area contributed by atoms with E-state index in [4.69, 9.17) is 18.9 Å². The van der Waals surface area contributed by atoms with E-state index in [1.165, 1.54) is 21.3 Å². The van der Waals surface area contributed by atoms with Crippen molar-refractivity contribution in [1.82, 2.24) is 5.32 Å². The molecule has 1 saturated heterocycles. The van der Waals surface area contributed by atoms with E-state index in [9.17, 15) is 15.3 Å². The normalized spacial score (nSPS) is 21.4. The van der Waals surface area contributed by atoms with Gasteiger partial charge < -0.3 is 18.9 Å². The van der Waals surface area contributed by atoms with Crippen LogP contribution in [0.2, 0.25) is 0 Å². The van der Waals surface area contributed by atoms with Gasteiger partial charge in [-0.1, -0.05) is 18.2 Å². The topological polar surface area (TPSA) is 114 Å². The third-order valence-corrected chi connectivity index (χ3v) is 5.67. The standard InChI is InChI=1S/C23H23N3O5/c1-28-16-8-5-14(6-9-16)19-20(22(27)31-4)26-21(23(19,12-24)13-25)15-7-10-17(29-2)18(11-15)30-3/h5-11,19-21,26H,1-4H3/t19-,20+,21-/m0/s1. The zero-order valence-corrected chi connectivity index (χ0v) is 17.7. The Bertz CT molecular complexity index is 1020. The number of benzene rings is 2. The average Bonchev–Trinajstić information content (AvgIpc) is 3.18. The smallest absolute Gasteiger partial charge is 0.323 e. The fraction of sp³-hybridized carbons (Fsp3) is 0.348. The van der Waals surface area contributed by atoms with Crippen LogP contribution in [0.5, 0.6) is 17.2 Å². The van der Waals surface area contributed by atoms with Gasteiger partial charge in [-0.2, -0.15) is 10.5 Å². The average molecular weight is 421 g/mol. The van der Waals surface area contributed by atoms with Gasteiger partial charge in [0, 0.05) is 5.92 Å². The second-order valence-electron chi connectivity index (χ2n) is 7.06. The summed E-state index contributed by atoms with van der Waals surface area (Å²) < 4.78 is 20.9. The molecule has 1 aliphatic heterocycles. The third-order valence-electron chi connectivity index (χ3n) is 5.67. The number of methoxy groups -OCH3 is 4. The van der Waals surface area contributed by atoms with Gasteiger partial charge in [0.15, 0.2) is 16.9 Å². The third kappa shape index (κ3) is 3.63. The van der Waals surface area contributed by atoms with E-state index < -0.39 is 29.4 Å². The molecule has 0 saturated carbocycles. The predicted octanol–water partition coefficient (Wildman–Crippen LogP) is 2.72. The number of nitrogens with zero attached hydrogens (tertiary/aromatic N) is 2. The molecule has 0 amide bonds. The van der Waals surface area contributed by atoms with Crippen molar-refractivity contribution in [3.05, 3.63) is 53.6 Å². The first-order valence-electron chi connectivity index (χ1n) is 9.51. The monoisotopic (exact) mass is 421 g/mol. The van der Waals surface area contributed by atoms with Crippen LogP contribution in [0.25, 0.3) is 0 Å². The minimum atomic E-state index is -1.59. The second-order valence-corrected chi connectivity index (χ2v) is 7.06. The maximum atomic E-state index is 12.7. The van der Waals surface area contributed by atoms with E-state index in [-0.39, 0.29) is 0 Å². The van der Waals surface area contributed by atoms with Gasteiger partial charge in [0.05, 0.1) is 46.6 Å². The first-order valence-corrected chi connectivity index (χ1v) is 9.51. The molecule has 1 heterocycles. The van der Waals surface area contributed by atoms with Gasteiger partial charge in [-0.3, -0.25) is 10.1 Å². The molecule has 1 fully saturated rings. The summed E-state index contributed by atoms with van der Waals surface area (Å²) in [6.07, 6.45) is 0. The molecule has 8 heteroatoms. The number of carbonyl (C=O) groups excluding carboxylic acids is 1. The number of rotatable bonds is 6. The molecular weight excluding hydrogens is 398 g/mol. The summed E-state index contributed by atoms with van der Waals surface area (Å²) in [5.74, 6) is 0.256. The van der Waals surface area contributed by atoms with Gasteiger partial charge in [-0.15, -0.1) is 0 Å². The summed E-state index contributed by atoms with van der Waals surface area (Å²) in [6.45, 7) is 0. The molecule has 1 N–H and O–H groups in total. The van der Waals surface area contributed by atoms with Crippen molar-refractivity contribution in [2.45, 2.75) is 18.0 Å². The SMILES string of the molecule is COC(=O)[C@@H]1N[C@@H](c2ccc(OC)c(OC)c2)C(C#N)(C#N)[C@H]1c1ccc(OC)cc1. The first kappa shape index (κ1) is 21.9. The lowest BCUT2D eigenvalue weighted by molar-refractivity contribution is -0.143. The van der Waals surface area contributed by atoms with Crippen LogP contribution in [0.4, 0.5) is 0 Å². The Labute approximate surface area is 180 Å². The molecule has 3 rings (SSSR count). The van der Waals surface area contributed by atoms with Crippen molar-refractivity contribution in [1.29, 1.82) is 10.5 Å². The molecule has 160 valence electrons. The van der Waals surface area contributed by atoms with Crippen molar-refractivity contribution < 1.29 is 23.7 Å². The Kier molecular flexibility index (Phi) is 6.33. The highest BCUT2D eigenvalue weighted by Gasteiger charge is 2.60. The van der Waals surface area contributed by atoms with Crippen LogP contribution < -0.4 is 19.5 Å². The molecule has 3 atom stereocenters. The molecule has 0 radical (unpaired) electrons. The largest absolute Gasteiger partial charge is 0.497 e. The highest BCUT2D eigenvalue weighted by Crippen LogP contribution is 2.53. The van der Waals surface area contributed by atoms with E-state index in [2.05, 4.69) is 17.5 Å². The number of carbonyl (C=O) groups is 1. The molecule has 1 aliphatic rings. The highest BCUT2D eigenvalue weighted by molar-refractivity contribution is 5.79. The van der Waals surface area contributed by atoms with Gasteiger partial charge in [-0.25, -0.2) is 0 Å². The Hall–Kier alpha value is -3.75. The molecule has 0 aliphatic carbocycles. The number of esters is 1. The maximum Gasteiger partial charge on any atom is 0.323 e. The van der Waals surface area contributed by atoms with Crippen LogP contribution in [0, 0.1) is 28.1 Å². The van der Waals surface area contributed by atoms with Crippen molar-refractivity contribution in [3.63, 3.8) is 0 Å². The summed E-state index contributed by atoms with van der Waals surface area (Å²) in [4.78, 5) is 12.7. The van der Waals surface area contributed by atoms with E-state index in [1.54, 1.807) is 49.6 Å². The summed E-state index contributed by atoms with van der Waals surface area (Å²) in [5, 5.41) is 23.6. The van der Waals surface area contributed by atoms with E-state index in [1.807, 2.05) is 0 Å². The minimum Gasteiger partial charge on any atom is -0.497 e. The number of ether oxygens (including phenoxy) is 4. The molecule has 0 aromatic heterocycles. The Balaban J connectivity index is 2.18. The first-order chi connectivity index (χ1) is 15.0. The van der Waals surface area contributed by atoms with Gasteiger partial charge in [0.25, 0.3) is 0 Å². The van der Waals surface area contributed by atoms with E-state index >= 15 is 0 Å². The van der Waals surface area contributed by atoms with Gasteiger partial charge >= 0.3 is 5.97 Å². The molecule has 0 spiro atoms. The molecule has 2 aromatic carbocycles. The minimum absolute atomic E-state index is 0.453. The molecule has 8 nitrogen and oxygen atoms in total. The van der Waals surface area contributed by atoms with Gasteiger partial charge in [0.2, 0.25) is 0 Å². The van der Waals surface area contributed by atoms with E-state index in [0.717, 1.165) is 0 Å². The second kappa shape index (κ2) is 8.95. The summed E-state index contributed by atoms with van der Waals surface area (Å²) in [6, 6.07) is 14.8. The van der Waals surface area contributed by atoms with Gasteiger partial charge in [-0.05, 0) is 35.4 Å². The highest BCUT2D eigenvalue weighted by atomic mass is 16.5. The zero-order valence-electron chi connectivity index (χ0n) is 17.7. The number of hydrogen-bond acceptors (Lipinski definition) is 8. The number of nitriles is 2. The van der Waals surface area contributed by atoms with E-state index in [0.29, 0.717) is 28.4 Å². The Morgan fingerprint density at radius 2 is 1.52 bits per heavy atom. The molecule has 2 aromatic rings. The van der Waals surface area contributed by atoms with Crippen LogP contribution >= 0.6 is 0 Å². The fourth-order valence-electron chi connectivity index (χ4n) is 4.13. The fourth-order valence-corrected chi connectivity index (χ4v) is 4.13. The Morgan fingerprint density at radius 1 is 0.903 bits per heavy atom. The van der Waals surface area contributed by atoms with Crippen LogP contribution in [0.3, 0.4) is 0 Å². The summed E-state index contributed by atoms with van der Waals surface area (Å²) >= 11 is 0. The summed E-state index contributed by atoms with van der Waals surface area (Å²) in [5.41, 5.74) is -0.326.